The van der Waals surface area contributed by atoms with Crippen molar-refractivity contribution in [3.05, 3.63) is 11.6 Å². The van der Waals surface area contributed by atoms with E-state index in [4.69, 9.17) is 0 Å². The van der Waals surface area contributed by atoms with Crippen molar-refractivity contribution in [3.63, 3.8) is 0 Å². The van der Waals surface area contributed by atoms with Crippen LogP contribution in [0.3, 0.4) is 0 Å². The van der Waals surface area contributed by atoms with E-state index in [-0.39, 0.29) is 5.92 Å². The van der Waals surface area contributed by atoms with Crippen molar-refractivity contribution in [2.75, 3.05) is 0 Å². The van der Waals surface area contributed by atoms with Crippen LogP contribution in [0.4, 0.5) is 0 Å². The molecule has 0 spiro atoms. The van der Waals surface area contributed by atoms with Crippen LogP contribution >= 0.6 is 0 Å². The molecule has 0 aromatic rings. The Morgan fingerprint density at radius 2 is 2.00 bits per heavy atom. The third kappa shape index (κ3) is 1.55. The van der Waals surface area contributed by atoms with Crippen LogP contribution in [0.2, 0.25) is 0 Å². The number of allylic oxidation sites excluding steroid dienone is 2. The van der Waals surface area contributed by atoms with Crippen molar-refractivity contribution >= 4 is 5.78 Å². The highest BCUT2D eigenvalue weighted by atomic mass is 16.1. The van der Waals surface area contributed by atoms with Crippen molar-refractivity contribution in [1.82, 2.24) is 0 Å². The molecule has 0 amide bonds. The fourth-order valence-corrected chi connectivity index (χ4v) is 5.25. The van der Waals surface area contributed by atoms with E-state index in [1.165, 1.54) is 32.1 Å². The summed E-state index contributed by atoms with van der Waals surface area (Å²) in [5, 5.41) is 0. The fourth-order valence-electron chi connectivity index (χ4n) is 5.25. The van der Waals surface area contributed by atoms with Crippen LogP contribution in [-0.2, 0) is 4.79 Å². The Bertz CT molecular complexity index is 408. The molecular formula is C17H26O. The molecule has 0 bridgehead atoms. The number of fused-ring (bicyclic) bond motifs is 3. The van der Waals surface area contributed by atoms with Gasteiger partial charge in [-0.1, -0.05) is 32.4 Å². The number of ketones is 1. The van der Waals surface area contributed by atoms with Gasteiger partial charge in [-0.05, 0) is 55.3 Å². The maximum absolute atomic E-state index is 12.0. The molecule has 2 saturated carbocycles. The molecule has 100 valence electrons. The summed E-state index contributed by atoms with van der Waals surface area (Å²) in [6, 6.07) is 0. The predicted octanol–water partition coefficient (Wildman–Crippen LogP) is 4.52. The monoisotopic (exact) mass is 246 g/mol. The molecule has 3 aliphatic carbocycles. The lowest BCUT2D eigenvalue weighted by Gasteiger charge is -2.57. The van der Waals surface area contributed by atoms with Gasteiger partial charge in [-0.25, -0.2) is 0 Å². The normalized spacial score (nSPS) is 48.2. The Morgan fingerprint density at radius 1 is 1.22 bits per heavy atom. The summed E-state index contributed by atoms with van der Waals surface area (Å²) in [5.41, 5.74) is 2.49. The van der Waals surface area contributed by atoms with Crippen LogP contribution in [0.25, 0.3) is 0 Å². The Labute approximate surface area is 111 Å². The molecule has 0 aromatic carbocycles. The van der Waals surface area contributed by atoms with Gasteiger partial charge in [0.2, 0.25) is 0 Å². The van der Waals surface area contributed by atoms with Crippen LogP contribution < -0.4 is 0 Å². The maximum atomic E-state index is 12.0. The molecule has 2 fully saturated rings. The Hall–Kier alpha value is -0.590. The van der Waals surface area contributed by atoms with Gasteiger partial charge < -0.3 is 0 Å². The van der Waals surface area contributed by atoms with Gasteiger partial charge in [0.1, 0.15) is 5.78 Å². The van der Waals surface area contributed by atoms with Crippen molar-refractivity contribution in [3.8, 4) is 0 Å². The van der Waals surface area contributed by atoms with Gasteiger partial charge in [-0.15, -0.1) is 0 Å². The van der Waals surface area contributed by atoms with Crippen LogP contribution in [0.5, 0.6) is 0 Å². The quantitative estimate of drug-likeness (QED) is 0.574. The number of rotatable bonds is 0. The Kier molecular flexibility index (Phi) is 2.73. The van der Waals surface area contributed by atoms with Gasteiger partial charge in [0.15, 0.2) is 0 Å². The second-order valence-electron chi connectivity index (χ2n) is 7.39. The minimum Gasteiger partial charge on any atom is -0.299 e. The summed E-state index contributed by atoms with van der Waals surface area (Å²) in [6.07, 6.45) is 11.0. The molecule has 1 heteroatoms. The van der Waals surface area contributed by atoms with Gasteiger partial charge in [0.25, 0.3) is 0 Å². The van der Waals surface area contributed by atoms with E-state index in [1.807, 2.05) is 0 Å². The van der Waals surface area contributed by atoms with E-state index in [2.05, 4.69) is 26.8 Å². The summed E-state index contributed by atoms with van der Waals surface area (Å²) in [5.74, 6) is 1.41. The third-order valence-electron chi connectivity index (χ3n) is 6.37. The van der Waals surface area contributed by atoms with Crippen molar-refractivity contribution in [2.24, 2.45) is 22.7 Å². The van der Waals surface area contributed by atoms with Gasteiger partial charge in [-0.2, -0.15) is 0 Å². The lowest BCUT2D eigenvalue weighted by molar-refractivity contribution is -0.131. The van der Waals surface area contributed by atoms with Gasteiger partial charge >= 0.3 is 0 Å². The van der Waals surface area contributed by atoms with Gasteiger partial charge in [-0.3, -0.25) is 4.79 Å². The lowest BCUT2D eigenvalue weighted by Crippen LogP contribution is -2.49. The molecule has 1 nitrogen and oxygen atoms in total. The molecule has 3 rings (SSSR count). The first-order valence-corrected chi connectivity index (χ1v) is 7.71. The fraction of sp³-hybridized carbons (Fsp3) is 0.824. The zero-order chi connectivity index (χ0) is 13.0. The standard InChI is InChI=1S/C17H26O/c1-12-13-7-10-16(2)9-5-4-6-15(16)17(13,3)11-8-14(12)18/h6,12-13H,4-5,7-11H2,1-3H3/t12-,13?,16?,17+/m1/s1. The topological polar surface area (TPSA) is 17.1 Å². The average Bonchev–Trinajstić information content (AvgIpc) is 2.34. The van der Waals surface area contributed by atoms with E-state index in [0.29, 0.717) is 22.5 Å². The molecule has 0 aromatic heterocycles. The minimum atomic E-state index is 0.288. The van der Waals surface area contributed by atoms with E-state index in [0.717, 1.165) is 12.8 Å². The van der Waals surface area contributed by atoms with E-state index < -0.39 is 0 Å². The summed E-state index contributed by atoms with van der Waals surface area (Å²) in [6.45, 7) is 7.10. The molecule has 0 saturated heterocycles. The first-order chi connectivity index (χ1) is 8.47. The van der Waals surface area contributed by atoms with E-state index in [9.17, 15) is 4.79 Å². The molecule has 4 atom stereocenters. The zero-order valence-electron chi connectivity index (χ0n) is 12.1. The first kappa shape index (κ1) is 12.4. The summed E-state index contributed by atoms with van der Waals surface area (Å²) in [4.78, 5) is 12.0. The van der Waals surface area contributed by atoms with Gasteiger partial charge in [0.05, 0.1) is 0 Å². The number of hydrogen-bond acceptors (Lipinski definition) is 1. The highest BCUT2D eigenvalue weighted by Gasteiger charge is 2.54. The van der Waals surface area contributed by atoms with Crippen molar-refractivity contribution in [2.45, 2.75) is 65.7 Å². The molecule has 0 aliphatic heterocycles. The first-order valence-electron chi connectivity index (χ1n) is 7.71. The minimum absolute atomic E-state index is 0.288. The number of carbonyl (C=O) groups excluding carboxylic acids is 1. The SMILES string of the molecule is C[C@H]1C(=O)CC[C@]2(C)C3=CCCCC3(C)CCC12. The third-order valence-corrected chi connectivity index (χ3v) is 6.37. The molecule has 0 radical (unpaired) electrons. The molecule has 2 unspecified atom stereocenters. The zero-order valence-corrected chi connectivity index (χ0v) is 12.1. The highest BCUT2D eigenvalue weighted by molar-refractivity contribution is 5.82. The summed E-state index contributed by atoms with van der Waals surface area (Å²) < 4.78 is 0. The van der Waals surface area contributed by atoms with Crippen LogP contribution in [-0.4, -0.2) is 5.78 Å². The maximum Gasteiger partial charge on any atom is 0.136 e. The second kappa shape index (κ2) is 3.95. The molecule has 18 heavy (non-hydrogen) atoms. The molecular weight excluding hydrogens is 220 g/mol. The lowest BCUT2D eigenvalue weighted by atomic mass is 9.47. The molecule has 0 heterocycles. The van der Waals surface area contributed by atoms with Crippen LogP contribution in [0, 0.1) is 22.7 Å². The highest BCUT2D eigenvalue weighted by Crippen LogP contribution is 2.62. The summed E-state index contributed by atoms with van der Waals surface area (Å²) in [7, 11) is 0. The van der Waals surface area contributed by atoms with Crippen molar-refractivity contribution in [1.29, 1.82) is 0 Å². The van der Waals surface area contributed by atoms with Crippen molar-refractivity contribution < 1.29 is 4.79 Å². The van der Waals surface area contributed by atoms with Crippen LogP contribution in [0.15, 0.2) is 11.6 Å². The number of hydrogen-bond donors (Lipinski definition) is 0. The van der Waals surface area contributed by atoms with E-state index >= 15 is 0 Å². The second-order valence-corrected chi connectivity index (χ2v) is 7.39. The average molecular weight is 246 g/mol. The van der Waals surface area contributed by atoms with E-state index in [1.54, 1.807) is 5.57 Å². The Balaban J connectivity index is 2.02. The smallest absolute Gasteiger partial charge is 0.136 e. The van der Waals surface area contributed by atoms with Crippen LogP contribution in [0.1, 0.15) is 65.7 Å². The number of Topliss-reactive ketones (excluding diaryl/α,β-unsaturated/α-hetero) is 1. The predicted molar refractivity (Wildman–Crippen MR) is 74.3 cm³/mol. The van der Waals surface area contributed by atoms with Gasteiger partial charge in [0, 0.05) is 12.3 Å². The Morgan fingerprint density at radius 3 is 2.78 bits per heavy atom. The molecule has 0 N–H and O–H groups in total. The largest absolute Gasteiger partial charge is 0.299 e. The summed E-state index contributed by atoms with van der Waals surface area (Å²) >= 11 is 0. The molecule has 3 aliphatic rings. The number of carbonyl (C=O) groups is 1.